The Hall–Kier alpha value is -0.320. The van der Waals surface area contributed by atoms with Crippen LogP contribution in [0.4, 0.5) is 0 Å². The lowest BCUT2D eigenvalue weighted by Crippen LogP contribution is -2.53. The van der Waals surface area contributed by atoms with Crippen LogP contribution in [0.15, 0.2) is 0 Å². The first-order chi connectivity index (χ1) is 8.79. The molecule has 110 valence electrons. The number of carbonyl (C=O) groups excluding carboxylic acids is 1. The number of nitrogens with one attached hydrogen (secondary N) is 1. The molecule has 0 radical (unpaired) electrons. The SMILES string of the molecule is Cl.O=C(C1CCCN1)N1CCCC2(CCCOC2)C1. The summed E-state index contributed by atoms with van der Waals surface area (Å²) >= 11 is 0. The maximum Gasteiger partial charge on any atom is 0.239 e. The van der Waals surface area contributed by atoms with Crippen LogP contribution in [0.25, 0.3) is 0 Å². The number of rotatable bonds is 1. The first kappa shape index (κ1) is 15.1. The molecule has 2 unspecified atom stereocenters. The van der Waals surface area contributed by atoms with E-state index in [-0.39, 0.29) is 23.9 Å². The Labute approximate surface area is 121 Å². The number of piperidine rings is 1. The lowest BCUT2D eigenvalue weighted by atomic mass is 9.75. The Bertz CT molecular complexity index is 307. The molecular formula is C14H25ClN2O2. The van der Waals surface area contributed by atoms with Gasteiger partial charge in [0.2, 0.25) is 5.91 Å². The zero-order valence-electron chi connectivity index (χ0n) is 11.5. The number of halogens is 1. The number of hydrogen-bond donors (Lipinski definition) is 1. The third-order valence-corrected chi connectivity index (χ3v) is 4.74. The van der Waals surface area contributed by atoms with Crippen molar-refractivity contribution >= 4 is 18.3 Å². The second-order valence-corrected chi connectivity index (χ2v) is 6.17. The molecule has 3 aliphatic rings. The minimum atomic E-state index is 0. The fraction of sp³-hybridized carbons (Fsp3) is 0.929. The molecule has 19 heavy (non-hydrogen) atoms. The predicted molar refractivity (Wildman–Crippen MR) is 76.6 cm³/mol. The van der Waals surface area contributed by atoms with Crippen LogP contribution in [0.3, 0.4) is 0 Å². The Morgan fingerprint density at radius 3 is 2.79 bits per heavy atom. The molecule has 3 rings (SSSR count). The van der Waals surface area contributed by atoms with Crippen LogP contribution in [-0.4, -0.2) is 49.7 Å². The highest BCUT2D eigenvalue weighted by Crippen LogP contribution is 2.37. The fourth-order valence-electron chi connectivity index (χ4n) is 3.74. The molecule has 4 nitrogen and oxygen atoms in total. The van der Waals surface area contributed by atoms with E-state index in [1.807, 2.05) is 0 Å². The second kappa shape index (κ2) is 6.42. The van der Waals surface area contributed by atoms with E-state index in [0.717, 1.165) is 58.5 Å². The number of hydrogen-bond acceptors (Lipinski definition) is 3. The van der Waals surface area contributed by atoms with Crippen molar-refractivity contribution in [2.45, 2.75) is 44.6 Å². The number of likely N-dealkylation sites (tertiary alicyclic amines) is 1. The van der Waals surface area contributed by atoms with E-state index in [1.54, 1.807) is 0 Å². The van der Waals surface area contributed by atoms with Crippen molar-refractivity contribution < 1.29 is 9.53 Å². The van der Waals surface area contributed by atoms with Crippen LogP contribution in [0, 0.1) is 5.41 Å². The summed E-state index contributed by atoms with van der Waals surface area (Å²) in [4.78, 5) is 14.5. The predicted octanol–water partition coefficient (Wildman–Crippen LogP) is 1.58. The maximum absolute atomic E-state index is 12.4. The third kappa shape index (κ3) is 3.23. The zero-order valence-corrected chi connectivity index (χ0v) is 12.3. The van der Waals surface area contributed by atoms with Crippen molar-refractivity contribution in [3.63, 3.8) is 0 Å². The van der Waals surface area contributed by atoms with Crippen molar-refractivity contribution in [3.8, 4) is 0 Å². The fourth-order valence-corrected chi connectivity index (χ4v) is 3.74. The summed E-state index contributed by atoms with van der Waals surface area (Å²) in [5, 5.41) is 3.32. The highest BCUT2D eigenvalue weighted by atomic mass is 35.5. The van der Waals surface area contributed by atoms with E-state index in [1.165, 1.54) is 12.8 Å². The van der Waals surface area contributed by atoms with Crippen LogP contribution in [0.5, 0.6) is 0 Å². The molecule has 2 atom stereocenters. The van der Waals surface area contributed by atoms with Crippen molar-refractivity contribution in [1.29, 1.82) is 0 Å². The standard InChI is InChI=1S/C14H24N2O2.ClH/c17-13(12-4-1-7-15-12)16-8-2-5-14(10-16)6-3-9-18-11-14;/h12,15H,1-11H2;1H. The molecule has 1 amide bonds. The quantitative estimate of drug-likeness (QED) is 0.796. The smallest absolute Gasteiger partial charge is 0.239 e. The molecule has 0 aromatic rings. The Kier molecular flexibility index (Phi) is 5.09. The summed E-state index contributed by atoms with van der Waals surface area (Å²) in [6, 6.07) is 0.0876. The van der Waals surface area contributed by atoms with Gasteiger partial charge in [0.25, 0.3) is 0 Å². The van der Waals surface area contributed by atoms with Gasteiger partial charge in [0.1, 0.15) is 0 Å². The van der Waals surface area contributed by atoms with E-state index in [9.17, 15) is 4.79 Å². The van der Waals surface area contributed by atoms with E-state index < -0.39 is 0 Å². The minimum Gasteiger partial charge on any atom is -0.381 e. The topological polar surface area (TPSA) is 41.6 Å². The van der Waals surface area contributed by atoms with Crippen molar-refractivity contribution in [3.05, 3.63) is 0 Å². The maximum atomic E-state index is 12.4. The van der Waals surface area contributed by atoms with Crippen LogP contribution in [0.2, 0.25) is 0 Å². The molecule has 3 fully saturated rings. The number of ether oxygens (including phenoxy) is 1. The van der Waals surface area contributed by atoms with Crippen LogP contribution < -0.4 is 5.32 Å². The average Bonchev–Trinajstić information content (AvgIpc) is 2.93. The van der Waals surface area contributed by atoms with Crippen molar-refractivity contribution in [1.82, 2.24) is 10.2 Å². The first-order valence-corrected chi connectivity index (χ1v) is 7.39. The molecule has 5 heteroatoms. The molecule has 0 bridgehead atoms. The summed E-state index contributed by atoms with van der Waals surface area (Å²) in [7, 11) is 0. The van der Waals surface area contributed by atoms with Gasteiger partial charge in [0.15, 0.2) is 0 Å². The molecule has 3 heterocycles. The summed E-state index contributed by atoms with van der Waals surface area (Å²) < 4.78 is 5.66. The normalized spacial score (nSPS) is 35.2. The van der Waals surface area contributed by atoms with Gasteiger partial charge in [-0.3, -0.25) is 4.79 Å². The summed E-state index contributed by atoms with van der Waals surface area (Å²) in [5.74, 6) is 0.331. The largest absolute Gasteiger partial charge is 0.381 e. The van der Waals surface area contributed by atoms with E-state index in [4.69, 9.17) is 4.74 Å². The number of nitrogens with zero attached hydrogens (tertiary/aromatic N) is 1. The zero-order chi connectivity index (χ0) is 12.4. The summed E-state index contributed by atoms with van der Waals surface area (Å²) in [5.41, 5.74) is 0.269. The van der Waals surface area contributed by atoms with Gasteiger partial charge in [-0.25, -0.2) is 0 Å². The van der Waals surface area contributed by atoms with Gasteiger partial charge < -0.3 is 15.0 Å². The highest BCUT2D eigenvalue weighted by Gasteiger charge is 2.40. The van der Waals surface area contributed by atoms with Gasteiger partial charge in [-0.2, -0.15) is 0 Å². The summed E-state index contributed by atoms with van der Waals surface area (Å²) in [6.07, 6.45) is 6.91. The first-order valence-electron chi connectivity index (χ1n) is 7.39. The molecule has 0 saturated carbocycles. The summed E-state index contributed by atoms with van der Waals surface area (Å²) in [6.45, 7) is 4.62. The van der Waals surface area contributed by atoms with Gasteiger partial charge in [-0.05, 0) is 45.1 Å². The number of carbonyl (C=O) groups is 1. The molecule has 3 aliphatic heterocycles. The molecule has 0 aromatic heterocycles. The molecule has 0 aliphatic carbocycles. The molecule has 1 N–H and O–H groups in total. The van der Waals surface area contributed by atoms with Gasteiger partial charge in [0.05, 0.1) is 12.6 Å². The van der Waals surface area contributed by atoms with Crippen molar-refractivity contribution in [2.24, 2.45) is 5.41 Å². The molecule has 1 spiro atoms. The van der Waals surface area contributed by atoms with Crippen LogP contribution >= 0.6 is 12.4 Å². The van der Waals surface area contributed by atoms with Gasteiger partial charge in [-0.1, -0.05) is 0 Å². The highest BCUT2D eigenvalue weighted by molar-refractivity contribution is 5.85. The second-order valence-electron chi connectivity index (χ2n) is 6.17. The monoisotopic (exact) mass is 288 g/mol. The van der Waals surface area contributed by atoms with E-state index >= 15 is 0 Å². The van der Waals surface area contributed by atoms with Gasteiger partial charge >= 0.3 is 0 Å². The average molecular weight is 289 g/mol. The molecule has 0 aromatic carbocycles. The Morgan fingerprint density at radius 1 is 1.26 bits per heavy atom. The Balaban J connectivity index is 0.00000133. The Morgan fingerprint density at radius 2 is 2.11 bits per heavy atom. The number of amides is 1. The van der Waals surface area contributed by atoms with E-state index in [2.05, 4.69) is 10.2 Å². The van der Waals surface area contributed by atoms with Gasteiger partial charge in [-0.15, -0.1) is 12.4 Å². The van der Waals surface area contributed by atoms with Crippen LogP contribution in [-0.2, 0) is 9.53 Å². The third-order valence-electron chi connectivity index (χ3n) is 4.74. The lowest BCUT2D eigenvalue weighted by Gasteiger charge is -2.45. The minimum absolute atomic E-state index is 0. The molecular weight excluding hydrogens is 264 g/mol. The van der Waals surface area contributed by atoms with E-state index in [0.29, 0.717) is 5.91 Å². The van der Waals surface area contributed by atoms with Crippen molar-refractivity contribution in [2.75, 3.05) is 32.8 Å². The van der Waals surface area contributed by atoms with Crippen LogP contribution in [0.1, 0.15) is 38.5 Å². The lowest BCUT2D eigenvalue weighted by molar-refractivity contribution is -0.139. The van der Waals surface area contributed by atoms with Gasteiger partial charge in [0, 0.05) is 25.1 Å². The molecule has 3 saturated heterocycles.